The van der Waals surface area contributed by atoms with Crippen LogP contribution >= 0.6 is 0 Å². The number of nitrogens with zero attached hydrogens (tertiary/aromatic N) is 2. The Morgan fingerprint density at radius 2 is 1.86 bits per heavy atom. The van der Waals surface area contributed by atoms with Crippen molar-refractivity contribution in [3.63, 3.8) is 0 Å². The molecule has 1 saturated heterocycles. The summed E-state index contributed by atoms with van der Waals surface area (Å²) in [5, 5.41) is 0. The van der Waals surface area contributed by atoms with Gasteiger partial charge in [0.2, 0.25) is 10.0 Å². The predicted octanol–water partition coefficient (Wildman–Crippen LogP) is 1.84. The Morgan fingerprint density at radius 3 is 2.57 bits per heavy atom. The van der Waals surface area contributed by atoms with Crippen molar-refractivity contribution in [1.29, 1.82) is 0 Å². The van der Waals surface area contributed by atoms with Crippen LogP contribution in [0.1, 0.15) is 11.8 Å². The fourth-order valence-electron chi connectivity index (χ4n) is 2.33. The molecule has 1 aromatic heterocycles. The predicted molar refractivity (Wildman–Crippen MR) is 78.1 cm³/mol. The SMILES string of the molecule is O=S(=O)(c1ccccc1)N1CCOC(c2ccccn2)C1. The molecule has 0 N–H and O–H groups in total. The first kappa shape index (κ1) is 14.2. The van der Waals surface area contributed by atoms with E-state index >= 15 is 0 Å². The molecule has 2 aromatic rings. The van der Waals surface area contributed by atoms with Crippen molar-refractivity contribution in [2.75, 3.05) is 19.7 Å². The molecule has 2 heterocycles. The van der Waals surface area contributed by atoms with Gasteiger partial charge in [0.05, 0.1) is 17.2 Å². The van der Waals surface area contributed by atoms with Crippen LogP contribution in [-0.4, -0.2) is 37.4 Å². The Morgan fingerprint density at radius 1 is 1.10 bits per heavy atom. The molecule has 0 radical (unpaired) electrons. The summed E-state index contributed by atoms with van der Waals surface area (Å²) in [6.45, 7) is 1.02. The maximum atomic E-state index is 12.6. The summed E-state index contributed by atoms with van der Waals surface area (Å²) in [4.78, 5) is 4.56. The summed E-state index contributed by atoms with van der Waals surface area (Å²) < 4.78 is 32.3. The van der Waals surface area contributed by atoms with Crippen LogP contribution in [0.25, 0.3) is 0 Å². The van der Waals surface area contributed by atoms with Crippen LogP contribution in [-0.2, 0) is 14.8 Å². The van der Waals surface area contributed by atoms with Gasteiger partial charge in [-0.2, -0.15) is 4.31 Å². The van der Waals surface area contributed by atoms with Crippen molar-refractivity contribution in [3.8, 4) is 0 Å². The molecule has 0 saturated carbocycles. The average Bonchev–Trinajstić information content (AvgIpc) is 2.57. The van der Waals surface area contributed by atoms with Crippen molar-refractivity contribution < 1.29 is 13.2 Å². The van der Waals surface area contributed by atoms with Gasteiger partial charge >= 0.3 is 0 Å². The van der Waals surface area contributed by atoms with Gasteiger partial charge in [0.1, 0.15) is 6.10 Å². The van der Waals surface area contributed by atoms with E-state index in [9.17, 15) is 8.42 Å². The van der Waals surface area contributed by atoms with Crippen LogP contribution in [0.5, 0.6) is 0 Å². The minimum Gasteiger partial charge on any atom is -0.369 e. The second-order valence-corrected chi connectivity index (χ2v) is 6.73. The van der Waals surface area contributed by atoms with Gasteiger partial charge in [-0.1, -0.05) is 24.3 Å². The van der Waals surface area contributed by atoms with Crippen LogP contribution in [0.2, 0.25) is 0 Å². The smallest absolute Gasteiger partial charge is 0.243 e. The Hall–Kier alpha value is -1.76. The lowest BCUT2D eigenvalue weighted by Gasteiger charge is -2.31. The molecule has 0 amide bonds. The number of sulfonamides is 1. The fraction of sp³-hybridized carbons (Fsp3) is 0.267. The zero-order chi connectivity index (χ0) is 14.7. The number of hydrogen-bond donors (Lipinski definition) is 0. The van der Waals surface area contributed by atoms with Crippen LogP contribution < -0.4 is 0 Å². The molecule has 1 aromatic carbocycles. The summed E-state index contributed by atoms with van der Waals surface area (Å²) in [6, 6.07) is 14.0. The first-order valence-electron chi connectivity index (χ1n) is 6.75. The number of rotatable bonds is 3. The third-order valence-corrected chi connectivity index (χ3v) is 5.31. The fourth-order valence-corrected chi connectivity index (χ4v) is 3.78. The van der Waals surface area contributed by atoms with Gasteiger partial charge < -0.3 is 4.74 Å². The van der Waals surface area contributed by atoms with Gasteiger partial charge in [-0.05, 0) is 24.3 Å². The molecule has 3 rings (SSSR count). The Balaban J connectivity index is 1.84. The van der Waals surface area contributed by atoms with Crippen molar-refractivity contribution in [1.82, 2.24) is 9.29 Å². The van der Waals surface area contributed by atoms with Crippen LogP contribution in [0.4, 0.5) is 0 Å². The monoisotopic (exact) mass is 304 g/mol. The Bertz CT molecular complexity index is 689. The van der Waals surface area contributed by atoms with E-state index in [4.69, 9.17) is 4.74 Å². The highest BCUT2D eigenvalue weighted by Crippen LogP contribution is 2.25. The zero-order valence-corrected chi connectivity index (χ0v) is 12.2. The second-order valence-electron chi connectivity index (χ2n) is 4.79. The lowest BCUT2D eigenvalue weighted by molar-refractivity contribution is -0.00493. The standard InChI is InChI=1S/C15H16N2O3S/c18-21(19,13-6-2-1-3-7-13)17-10-11-20-15(12-17)14-8-4-5-9-16-14/h1-9,15H,10-12H2. The molecule has 1 fully saturated rings. The number of aromatic nitrogens is 1. The molecule has 5 nitrogen and oxygen atoms in total. The van der Waals surface area contributed by atoms with E-state index in [1.807, 2.05) is 18.2 Å². The normalized spacial score (nSPS) is 20.3. The molecule has 110 valence electrons. The van der Waals surface area contributed by atoms with Gasteiger partial charge in [0, 0.05) is 19.3 Å². The molecule has 0 spiro atoms. The molecule has 1 aliphatic heterocycles. The van der Waals surface area contributed by atoms with Crippen molar-refractivity contribution in [3.05, 3.63) is 60.4 Å². The molecule has 1 atom stereocenters. The van der Waals surface area contributed by atoms with E-state index < -0.39 is 10.0 Å². The summed E-state index contributed by atoms with van der Waals surface area (Å²) in [5.41, 5.74) is 0.755. The summed E-state index contributed by atoms with van der Waals surface area (Å²) in [6.07, 6.45) is 1.36. The Labute approximate surface area is 124 Å². The topological polar surface area (TPSA) is 59.5 Å². The number of hydrogen-bond acceptors (Lipinski definition) is 4. The minimum absolute atomic E-state index is 0.286. The molecule has 21 heavy (non-hydrogen) atoms. The highest BCUT2D eigenvalue weighted by atomic mass is 32.2. The maximum Gasteiger partial charge on any atom is 0.243 e. The molecule has 0 aliphatic carbocycles. The highest BCUT2D eigenvalue weighted by molar-refractivity contribution is 7.89. The van der Waals surface area contributed by atoms with E-state index in [1.165, 1.54) is 4.31 Å². The van der Waals surface area contributed by atoms with Gasteiger partial charge in [0.15, 0.2) is 0 Å². The number of pyridine rings is 1. The van der Waals surface area contributed by atoms with Gasteiger partial charge in [-0.15, -0.1) is 0 Å². The quantitative estimate of drug-likeness (QED) is 0.868. The van der Waals surface area contributed by atoms with Gasteiger partial charge in [0.25, 0.3) is 0 Å². The van der Waals surface area contributed by atoms with Gasteiger partial charge in [-0.25, -0.2) is 8.42 Å². The first-order chi connectivity index (χ1) is 10.2. The van der Waals surface area contributed by atoms with Crippen molar-refractivity contribution in [2.45, 2.75) is 11.0 Å². The van der Waals surface area contributed by atoms with E-state index in [1.54, 1.807) is 36.5 Å². The lowest BCUT2D eigenvalue weighted by atomic mass is 10.2. The molecular weight excluding hydrogens is 288 g/mol. The van der Waals surface area contributed by atoms with E-state index in [2.05, 4.69) is 4.98 Å². The highest BCUT2D eigenvalue weighted by Gasteiger charge is 2.31. The summed E-state index contributed by atoms with van der Waals surface area (Å²) in [5.74, 6) is 0. The molecule has 1 unspecified atom stereocenters. The second kappa shape index (κ2) is 5.93. The third kappa shape index (κ3) is 2.97. The van der Waals surface area contributed by atoms with E-state index in [0.29, 0.717) is 18.0 Å². The van der Waals surface area contributed by atoms with Crippen LogP contribution in [0.3, 0.4) is 0 Å². The minimum atomic E-state index is -3.48. The molecule has 0 bridgehead atoms. The number of morpholine rings is 1. The van der Waals surface area contributed by atoms with Crippen molar-refractivity contribution in [2.24, 2.45) is 0 Å². The molecule has 1 aliphatic rings. The van der Waals surface area contributed by atoms with Crippen LogP contribution in [0, 0.1) is 0 Å². The number of benzene rings is 1. The summed E-state index contributed by atoms with van der Waals surface area (Å²) in [7, 11) is -3.48. The third-order valence-electron chi connectivity index (χ3n) is 3.43. The molecule has 6 heteroatoms. The number of ether oxygens (including phenoxy) is 1. The average molecular weight is 304 g/mol. The van der Waals surface area contributed by atoms with Gasteiger partial charge in [-0.3, -0.25) is 4.98 Å². The Kier molecular flexibility index (Phi) is 4.01. The largest absolute Gasteiger partial charge is 0.369 e. The van der Waals surface area contributed by atoms with E-state index in [-0.39, 0.29) is 12.6 Å². The molecular formula is C15H16N2O3S. The summed E-state index contributed by atoms with van der Waals surface area (Å²) >= 11 is 0. The van der Waals surface area contributed by atoms with Crippen molar-refractivity contribution >= 4 is 10.0 Å². The first-order valence-corrected chi connectivity index (χ1v) is 8.20. The zero-order valence-electron chi connectivity index (χ0n) is 11.4. The van der Waals surface area contributed by atoms with E-state index in [0.717, 1.165) is 5.69 Å². The lowest BCUT2D eigenvalue weighted by Crippen LogP contribution is -2.42. The maximum absolute atomic E-state index is 12.6. The van der Waals surface area contributed by atoms with Crippen LogP contribution in [0.15, 0.2) is 59.6 Å².